The van der Waals surface area contributed by atoms with Crippen molar-refractivity contribution in [3.8, 4) is 0 Å². The molecule has 0 saturated carbocycles. The van der Waals surface area contributed by atoms with Crippen molar-refractivity contribution in [2.45, 2.75) is 13.5 Å². The molecule has 0 aliphatic heterocycles. The summed E-state index contributed by atoms with van der Waals surface area (Å²) >= 11 is 3.38. The van der Waals surface area contributed by atoms with Crippen LogP contribution in [0.4, 0.5) is 5.95 Å². The van der Waals surface area contributed by atoms with Gasteiger partial charge in [-0.05, 0) is 40.5 Å². The Morgan fingerprint density at radius 3 is 3.00 bits per heavy atom. The number of hydrogen-bond donors (Lipinski definition) is 1. The quantitative estimate of drug-likeness (QED) is 0.788. The number of nitrogen functional groups attached to an aromatic ring is 1. The van der Waals surface area contributed by atoms with E-state index in [1.165, 1.54) is 0 Å². The number of rotatable bonds is 2. The molecule has 3 aromatic rings. The summed E-state index contributed by atoms with van der Waals surface area (Å²) in [6.07, 6.45) is 3.52. The second kappa shape index (κ2) is 4.62. The minimum absolute atomic E-state index is 0.450. The Labute approximate surface area is 118 Å². The summed E-state index contributed by atoms with van der Waals surface area (Å²) in [6.45, 7) is 2.60. The van der Waals surface area contributed by atoms with Crippen LogP contribution in [-0.2, 0) is 6.54 Å². The molecule has 3 aromatic heterocycles. The predicted octanol–water partition coefficient (Wildman–Crippen LogP) is 2.53. The first-order valence-corrected chi connectivity index (χ1v) is 6.62. The van der Waals surface area contributed by atoms with Crippen molar-refractivity contribution in [1.29, 1.82) is 0 Å². The summed E-state index contributed by atoms with van der Waals surface area (Å²) in [7, 11) is 0. The molecular formula is C13H12BrN5. The monoisotopic (exact) mass is 317 g/mol. The molecule has 0 unspecified atom stereocenters. The lowest BCUT2D eigenvalue weighted by atomic mass is 10.2. The third-order valence-electron chi connectivity index (χ3n) is 3.01. The van der Waals surface area contributed by atoms with Crippen molar-refractivity contribution in [2.75, 3.05) is 5.73 Å². The predicted molar refractivity (Wildman–Crippen MR) is 77.7 cm³/mol. The number of pyridine rings is 2. The van der Waals surface area contributed by atoms with Crippen LogP contribution in [0.5, 0.6) is 0 Å². The van der Waals surface area contributed by atoms with E-state index in [-0.39, 0.29) is 0 Å². The van der Waals surface area contributed by atoms with Crippen LogP contribution < -0.4 is 5.73 Å². The van der Waals surface area contributed by atoms with Crippen LogP contribution in [0.15, 0.2) is 35.1 Å². The highest BCUT2D eigenvalue weighted by Crippen LogP contribution is 2.20. The van der Waals surface area contributed by atoms with Gasteiger partial charge in [0.25, 0.3) is 0 Å². The third kappa shape index (κ3) is 2.19. The number of nitrogens with two attached hydrogens (primary N) is 1. The summed E-state index contributed by atoms with van der Waals surface area (Å²) in [6, 6.07) is 5.85. The molecule has 96 valence electrons. The SMILES string of the molecule is Cc1cccnc1Cn1c(N)nc2cc(Br)cnc21. The fourth-order valence-corrected chi connectivity index (χ4v) is 2.31. The van der Waals surface area contributed by atoms with Gasteiger partial charge in [-0.3, -0.25) is 9.55 Å². The van der Waals surface area contributed by atoms with Gasteiger partial charge < -0.3 is 5.73 Å². The van der Waals surface area contributed by atoms with Gasteiger partial charge in [0.05, 0.1) is 12.2 Å². The van der Waals surface area contributed by atoms with Gasteiger partial charge in [-0.1, -0.05) is 6.07 Å². The highest BCUT2D eigenvalue weighted by atomic mass is 79.9. The van der Waals surface area contributed by atoms with Crippen molar-refractivity contribution in [3.05, 3.63) is 46.3 Å². The first-order chi connectivity index (χ1) is 9.15. The van der Waals surface area contributed by atoms with Crippen LogP contribution in [0.3, 0.4) is 0 Å². The van der Waals surface area contributed by atoms with Gasteiger partial charge in [-0.15, -0.1) is 0 Å². The molecule has 0 aliphatic rings. The van der Waals surface area contributed by atoms with E-state index in [9.17, 15) is 0 Å². The lowest BCUT2D eigenvalue weighted by molar-refractivity contribution is 0.793. The van der Waals surface area contributed by atoms with E-state index in [1.54, 1.807) is 12.4 Å². The lowest BCUT2D eigenvalue weighted by Gasteiger charge is -2.07. The molecule has 6 heteroatoms. The van der Waals surface area contributed by atoms with Crippen molar-refractivity contribution in [3.63, 3.8) is 0 Å². The Bertz CT molecular complexity index is 750. The molecule has 0 amide bonds. The minimum atomic E-state index is 0.450. The topological polar surface area (TPSA) is 69.6 Å². The molecule has 5 nitrogen and oxygen atoms in total. The second-order valence-electron chi connectivity index (χ2n) is 4.32. The first-order valence-electron chi connectivity index (χ1n) is 5.83. The third-order valence-corrected chi connectivity index (χ3v) is 3.44. The molecule has 0 aliphatic carbocycles. The second-order valence-corrected chi connectivity index (χ2v) is 5.24. The number of halogens is 1. The van der Waals surface area contributed by atoms with E-state index in [2.05, 4.69) is 30.9 Å². The zero-order valence-corrected chi connectivity index (χ0v) is 11.9. The molecule has 3 heterocycles. The number of anilines is 1. The maximum absolute atomic E-state index is 5.97. The van der Waals surface area contributed by atoms with Gasteiger partial charge in [0.2, 0.25) is 5.95 Å². The molecule has 19 heavy (non-hydrogen) atoms. The van der Waals surface area contributed by atoms with Crippen LogP contribution in [0, 0.1) is 6.92 Å². The maximum atomic E-state index is 5.97. The Morgan fingerprint density at radius 2 is 2.21 bits per heavy atom. The number of fused-ring (bicyclic) bond motifs is 1. The first kappa shape index (κ1) is 12.1. The summed E-state index contributed by atoms with van der Waals surface area (Å²) < 4.78 is 2.76. The average Bonchev–Trinajstić information content (AvgIpc) is 2.68. The maximum Gasteiger partial charge on any atom is 0.202 e. The molecule has 0 radical (unpaired) electrons. The summed E-state index contributed by atoms with van der Waals surface area (Å²) in [4.78, 5) is 13.1. The largest absolute Gasteiger partial charge is 0.369 e. The molecule has 0 atom stereocenters. The van der Waals surface area contributed by atoms with E-state index in [1.807, 2.05) is 29.7 Å². The zero-order valence-electron chi connectivity index (χ0n) is 10.3. The van der Waals surface area contributed by atoms with Gasteiger partial charge in [0, 0.05) is 16.9 Å². The van der Waals surface area contributed by atoms with E-state index in [0.717, 1.165) is 26.9 Å². The highest BCUT2D eigenvalue weighted by molar-refractivity contribution is 9.10. The normalized spacial score (nSPS) is 11.1. The molecule has 0 saturated heterocycles. The van der Waals surface area contributed by atoms with Crippen LogP contribution in [-0.4, -0.2) is 19.5 Å². The summed E-state index contributed by atoms with van der Waals surface area (Å²) in [5.74, 6) is 0.450. The van der Waals surface area contributed by atoms with Crippen molar-refractivity contribution in [1.82, 2.24) is 19.5 Å². The fraction of sp³-hybridized carbons (Fsp3) is 0.154. The number of aromatic nitrogens is 4. The fourth-order valence-electron chi connectivity index (χ4n) is 1.99. The van der Waals surface area contributed by atoms with Crippen molar-refractivity contribution < 1.29 is 0 Å². The van der Waals surface area contributed by atoms with Crippen molar-refractivity contribution in [2.24, 2.45) is 0 Å². The molecule has 2 N–H and O–H groups in total. The van der Waals surface area contributed by atoms with Gasteiger partial charge in [-0.2, -0.15) is 0 Å². The van der Waals surface area contributed by atoms with Gasteiger partial charge in [0.1, 0.15) is 5.52 Å². The van der Waals surface area contributed by atoms with Crippen LogP contribution in [0.2, 0.25) is 0 Å². The number of imidazole rings is 1. The lowest BCUT2D eigenvalue weighted by Crippen LogP contribution is -2.07. The Morgan fingerprint density at radius 1 is 1.37 bits per heavy atom. The molecule has 0 fully saturated rings. The Balaban J connectivity index is 2.10. The van der Waals surface area contributed by atoms with Crippen LogP contribution >= 0.6 is 15.9 Å². The van der Waals surface area contributed by atoms with Crippen LogP contribution in [0.1, 0.15) is 11.3 Å². The number of nitrogens with zero attached hydrogens (tertiary/aromatic N) is 4. The van der Waals surface area contributed by atoms with Gasteiger partial charge >= 0.3 is 0 Å². The average molecular weight is 318 g/mol. The molecule has 3 rings (SSSR count). The van der Waals surface area contributed by atoms with E-state index in [4.69, 9.17) is 5.73 Å². The standard InChI is InChI=1S/C13H12BrN5/c1-8-3-2-4-16-11(8)7-19-12-10(18-13(19)15)5-9(14)6-17-12/h2-6H,7H2,1H3,(H2,15,18). The van der Waals surface area contributed by atoms with Crippen molar-refractivity contribution >= 4 is 33.0 Å². The summed E-state index contributed by atoms with van der Waals surface area (Å²) in [5.41, 5.74) is 9.61. The highest BCUT2D eigenvalue weighted by Gasteiger charge is 2.11. The van der Waals surface area contributed by atoms with Gasteiger partial charge in [0.15, 0.2) is 5.65 Å². The molecule has 0 aromatic carbocycles. The molecule has 0 spiro atoms. The summed E-state index contributed by atoms with van der Waals surface area (Å²) in [5, 5.41) is 0. The van der Waals surface area contributed by atoms with E-state index >= 15 is 0 Å². The van der Waals surface area contributed by atoms with E-state index in [0.29, 0.717) is 12.5 Å². The Hall–Kier alpha value is -1.95. The molecule has 0 bridgehead atoms. The number of hydrogen-bond acceptors (Lipinski definition) is 4. The van der Waals surface area contributed by atoms with E-state index < -0.39 is 0 Å². The van der Waals surface area contributed by atoms with Gasteiger partial charge in [-0.25, -0.2) is 9.97 Å². The smallest absolute Gasteiger partial charge is 0.202 e. The Kier molecular flexibility index (Phi) is 2.94. The molecular weight excluding hydrogens is 306 g/mol. The minimum Gasteiger partial charge on any atom is -0.369 e. The zero-order chi connectivity index (χ0) is 13.4. The number of aryl methyl sites for hydroxylation is 1. The van der Waals surface area contributed by atoms with Crippen LogP contribution in [0.25, 0.3) is 11.2 Å².